The molecule has 0 spiro atoms. The average molecular weight is 501 g/mol. The van der Waals surface area contributed by atoms with Gasteiger partial charge >= 0.3 is 5.97 Å². The van der Waals surface area contributed by atoms with Crippen LogP contribution in [0.3, 0.4) is 0 Å². The number of sulfonamides is 1. The van der Waals surface area contributed by atoms with Gasteiger partial charge < -0.3 is 10.1 Å². The second-order valence-electron chi connectivity index (χ2n) is 8.50. The Balaban J connectivity index is 1.31. The van der Waals surface area contributed by atoms with Crippen LogP contribution >= 0.6 is 11.3 Å². The van der Waals surface area contributed by atoms with Crippen molar-refractivity contribution in [2.24, 2.45) is 0 Å². The Morgan fingerprint density at radius 2 is 1.76 bits per heavy atom. The number of rotatable bonds is 8. The molecule has 0 aliphatic heterocycles. The summed E-state index contributed by atoms with van der Waals surface area (Å²) in [7, 11) is -2.18. The molecule has 1 aliphatic carbocycles. The monoisotopic (exact) mass is 500 g/mol. The predicted octanol–water partition coefficient (Wildman–Crippen LogP) is 4.87. The predicted molar refractivity (Wildman–Crippen MR) is 134 cm³/mol. The second kappa shape index (κ2) is 10.7. The summed E-state index contributed by atoms with van der Waals surface area (Å²) in [4.78, 5) is 24.9. The molecule has 2 aromatic carbocycles. The van der Waals surface area contributed by atoms with Gasteiger partial charge in [0.05, 0.1) is 12.0 Å². The van der Waals surface area contributed by atoms with Gasteiger partial charge in [-0.05, 0) is 66.6 Å². The lowest BCUT2D eigenvalue weighted by Crippen LogP contribution is -2.36. The number of carbonyl (C=O) groups is 2. The van der Waals surface area contributed by atoms with E-state index in [4.69, 9.17) is 4.74 Å². The van der Waals surface area contributed by atoms with E-state index in [-0.39, 0.29) is 29.2 Å². The van der Waals surface area contributed by atoms with Gasteiger partial charge in [-0.1, -0.05) is 31.4 Å². The highest BCUT2D eigenvalue weighted by atomic mass is 32.2. The molecular weight excluding hydrogens is 472 g/mol. The van der Waals surface area contributed by atoms with E-state index in [1.807, 2.05) is 12.1 Å². The standard InChI is InChI=1S/C25H28N2O5S2/c1-32-25(29)23-16-18-15-20(10-13-22(18)33-23)26-24(28)14-9-17-7-11-21(12-8-17)34(30,31)27-19-5-3-2-4-6-19/h7-8,10-13,15-16,19,27H,2-6,9,14H2,1H3,(H,26,28). The number of carbonyl (C=O) groups excluding carboxylic acids is 2. The molecule has 1 aromatic heterocycles. The van der Waals surface area contributed by atoms with Crippen LogP contribution in [0.5, 0.6) is 0 Å². The van der Waals surface area contributed by atoms with Gasteiger partial charge in [0.15, 0.2) is 0 Å². The lowest BCUT2D eigenvalue weighted by Gasteiger charge is -2.22. The number of benzene rings is 2. The molecular formula is C25H28N2O5S2. The summed E-state index contributed by atoms with van der Waals surface area (Å²) in [5.74, 6) is -0.520. The zero-order valence-electron chi connectivity index (χ0n) is 19.0. The first kappa shape index (κ1) is 24.4. The van der Waals surface area contributed by atoms with Gasteiger partial charge in [-0.3, -0.25) is 4.79 Å². The van der Waals surface area contributed by atoms with Crippen molar-refractivity contribution >= 4 is 49.0 Å². The summed E-state index contributed by atoms with van der Waals surface area (Å²) in [6.07, 6.45) is 5.82. The molecule has 0 bridgehead atoms. The molecule has 1 saturated carbocycles. The fraction of sp³-hybridized carbons (Fsp3) is 0.360. The highest BCUT2D eigenvalue weighted by Gasteiger charge is 2.21. The minimum Gasteiger partial charge on any atom is -0.465 e. The van der Waals surface area contributed by atoms with Crippen molar-refractivity contribution in [3.05, 3.63) is 59.0 Å². The molecule has 4 rings (SSSR count). The number of aryl methyl sites for hydroxylation is 1. The average Bonchev–Trinajstić information content (AvgIpc) is 3.26. The SMILES string of the molecule is COC(=O)c1cc2cc(NC(=O)CCc3ccc(S(=O)(=O)NC4CCCCC4)cc3)ccc2s1. The van der Waals surface area contributed by atoms with Crippen LogP contribution in [0.15, 0.2) is 53.4 Å². The molecule has 1 heterocycles. The molecule has 9 heteroatoms. The van der Waals surface area contributed by atoms with E-state index in [0.717, 1.165) is 41.3 Å². The summed E-state index contributed by atoms with van der Waals surface area (Å²) in [5.41, 5.74) is 1.55. The van der Waals surface area contributed by atoms with Crippen LogP contribution in [0.1, 0.15) is 53.8 Å². The van der Waals surface area contributed by atoms with Gasteiger partial charge in [0.1, 0.15) is 4.88 Å². The summed E-state index contributed by atoms with van der Waals surface area (Å²) in [6.45, 7) is 0. The minimum absolute atomic E-state index is 0.0162. The maximum Gasteiger partial charge on any atom is 0.348 e. The highest BCUT2D eigenvalue weighted by Crippen LogP contribution is 2.28. The van der Waals surface area contributed by atoms with E-state index < -0.39 is 10.0 Å². The first-order valence-electron chi connectivity index (χ1n) is 11.4. The van der Waals surface area contributed by atoms with E-state index in [1.165, 1.54) is 24.9 Å². The normalized spacial score (nSPS) is 14.7. The number of hydrogen-bond donors (Lipinski definition) is 2. The Hall–Kier alpha value is -2.75. The summed E-state index contributed by atoms with van der Waals surface area (Å²) in [6, 6.07) is 14.0. The Labute approximate surface area is 203 Å². The topological polar surface area (TPSA) is 102 Å². The summed E-state index contributed by atoms with van der Waals surface area (Å²) >= 11 is 1.34. The van der Waals surface area contributed by atoms with Gasteiger partial charge in [0.25, 0.3) is 0 Å². The van der Waals surface area contributed by atoms with Crippen molar-refractivity contribution in [1.29, 1.82) is 0 Å². The van der Waals surface area contributed by atoms with E-state index in [9.17, 15) is 18.0 Å². The third-order valence-electron chi connectivity index (χ3n) is 5.99. The maximum absolute atomic E-state index is 12.6. The van der Waals surface area contributed by atoms with E-state index >= 15 is 0 Å². The lowest BCUT2D eigenvalue weighted by atomic mass is 9.96. The number of hydrogen-bond acceptors (Lipinski definition) is 6. The van der Waals surface area contributed by atoms with Crippen molar-refractivity contribution in [1.82, 2.24) is 4.72 Å². The summed E-state index contributed by atoms with van der Waals surface area (Å²) in [5, 5.41) is 3.74. The van der Waals surface area contributed by atoms with Crippen molar-refractivity contribution in [2.45, 2.75) is 55.9 Å². The maximum atomic E-state index is 12.6. The van der Waals surface area contributed by atoms with Crippen LogP contribution in [-0.4, -0.2) is 33.4 Å². The van der Waals surface area contributed by atoms with Crippen molar-refractivity contribution < 1.29 is 22.7 Å². The van der Waals surface area contributed by atoms with Gasteiger partial charge in [-0.25, -0.2) is 17.9 Å². The summed E-state index contributed by atoms with van der Waals surface area (Å²) < 4.78 is 33.8. The Morgan fingerprint density at radius 3 is 2.47 bits per heavy atom. The van der Waals surface area contributed by atoms with Crippen LogP contribution in [0, 0.1) is 0 Å². The van der Waals surface area contributed by atoms with Gasteiger partial charge in [-0.15, -0.1) is 11.3 Å². The molecule has 7 nitrogen and oxygen atoms in total. The Bertz CT molecular complexity index is 1280. The Kier molecular flexibility index (Phi) is 7.65. The number of thiophene rings is 1. The zero-order chi connectivity index (χ0) is 24.1. The zero-order valence-corrected chi connectivity index (χ0v) is 20.6. The first-order chi connectivity index (χ1) is 16.3. The number of methoxy groups -OCH3 is 1. The fourth-order valence-electron chi connectivity index (χ4n) is 4.15. The number of esters is 1. The van der Waals surface area contributed by atoms with Crippen LogP contribution in [0.2, 0.25) is 0 Å². The van der Waals surface area contributed by atoms with E-state index in [1.54, 1.807) is 36.4 Å². The molecule has 0 radical (unpaired) electrons. The lowest BCUT2D eigenvalue weighted by molar-refractivity contribution is -0.116. The minimum atomic E-state index is -3.53. The molecule has 0 atom stereocenters. The number of anilines is 1. The molecule has 2 N–H and O–H groups in total. The van der Waals surface area contributed by atoms with Crippen molar-refractivity contribution in [3.63, 3.8) is 0 Å². The second-order valence-corrected chi connectivity index (χ2v) is 11.3. The third-order valence-corrected chi connectivity index (χ3v) is 8.62. The van der Waals surface area contributed by atoms with Crippen molar-refractivity contribution in [2.75, 3.05) is 12.4 Å². The van der Waals surface area contributed by atoms with Crippen LogP contribution in [0.25, 0.3) is 10.1 Å². The fourth-order valence-corrected chi connectivity index (χ4v) is 6.41. The molecule has 0 unspecified atom stereocenters. The van der Waals surface area contributed by atoms with Crippen molar-refractivity contribution in [3.8, 4) is 0 Å². The van der Waals surface area contributed by atoms with Gasteiger partial charge in [-0.2, -0.15) is 0 Å². The third kappa shape index (κ3) is 6.02. The quantitative estimate of drug-likeness (QED) is 0.430. The highest BCUT2D eigenvalue weighted by molar-refractivity contribution is 7.89. The van der Waals surface area contributed by atoms with Gasteiger partial charge in [0, 0.05) is 22.8 Å². The molecule has 3 aromatic rings. The van der Waals surface area contributed by atoms with E-state index in [2.05, 4.69) is 10.0 Å². The van der Waals surface area contributed by atoms with Crippen LogP contribution in [0.4, 0.5) is 5.69 Å². The molecule has 1 fully saturated rings. The van der Waals surface area contributed by atoms with E-state index in [0.29, 0.717) is 17.0 Å². The molecule has 1 aliphatic rings. The number of nitrogens with one attached hydrogen (secondary N) is 2. The van der Waals surface area contributed by atoms with Crippen LogP contribution < -0.4 is 10.0 Å². The first-order valence-corrected chi connectivity index (χ1v) is 13.7. The van der Waals surface area contributed by atoms with Gasteiger partial charge in [0.2, 0.25) is 15.9 Å². The Morgan fingerprint density at radius 1 is 1.03 bits per heavy atom. The molecule has 34 heavy (non-hydrogen) atoms. The number of amides is 1. The van der Waals surface area contributed by atoms with Crippen LogP contribution in [-0.2, 0) is 26.0 Å². The largest absolute Gasteiger partial charge is 0.465 e. The number of ether oxygens (including phenoxy) is 1. The molecule has 180 valence electrons. The molecule has 0 saturated heterocycles. The number of fused-ring (bicyclic) bond motifs is 1. The molecule has 1 amide bonds. The smallest absolute Gasteiger partial charge is 0.348 e.